The second kappa shape index (κ2) is 6.67. The van der Waals surface area contributed by atoms with E-state index in [0.29, 0.717) is 31.0 Å². The smallest absolute Gasteiger partial charge is 0.329 e. The molecule has 3 aliphatic carbocycles. The molecular formula is C22H27NO7. The number of phenols is 1. The fourth-order valence-corrected chi connectivity index (χ4v) is 5.97. The SMILES string of the molecule is CC[N+]([O-])(CC1CC1)[C@@H]1Cc2ccc(O)c3c2C2[C@@H](O3)C(=O)CC[C@]21OCC(=O)O. The minimum absolute atomic E-state index is 0.0436. The largest absolute Gasteiger partial charge is 0.633 e. The molecule has 30 heavy (non-hydrogen) atoms. The number of likely N-dealkylation sites (N-methyl/N-ethyl adjacent to an activating group) is 1. The summed E-state index contributed by atoms with van der Waals surface area (Å²) in [5, 5.41) is 33.9. The van der Waals surface area contributed by atoms with Crippen LogP contribution in [0.3, 0.4) is 0 Å². The van der Waals surface area contributed by atoms with Crippen LogP contribution >= 0.6 is 0 Å². The van der Waals surface area contributed by atoms with Gasteiger partial charge in [0, 0.05) is 24.3 Å². The molecule has 2 saturated carbocycles. The fraction of sp³-hybridized carbons (Fsp3) is 0.636. The van der Waals surface area contributed by atoms with Gasteiger partial charge in [0.2, 0.25) is 0 Å². The van der Waals surface area contributed by atoms with Crippen molar-refractivity contribution < 1.29 is 33.9 Å². The van der Waals surface area contributed by atoms with E-state index in [1.165, 1.54) is 0 Å². The minimum atomic E-state index is -1.12. The number of phenolic OH excluding ortho intramolecular Hbond substituents is 1. The summed E-state index contributed by atoms with van der Waals surface area (Å²) in [6, 6.07) is 2.81. The zero-order valence-corrected chi connectivity index (χ0v) is 17.0. The van der Waals surface area contributed by atoms with Crippen molar-refractivity contribution in [2.45, 2.75) is 62.7 Å². The molecule has 0 bridgehead atoms. The highest BCUT2D eigenvalue weighted by Crippen LogP contribution is 2.60. The summed E-state index contributed by atoms with van der Waals surface area (Å²) in [4.78, 5) is 24.2. The van der Waals surface area contributed by atoms with Crippen LogP contribution < -0.4 is 4.74 Å². The summed E-state index contributed by atoms with van der Waals surface area (Å²) in [5.41, 5.74) is 0.478. The normalized spacial score (nSPS) is 33.5. The van der Waals surface area contributed by atoms with E-state index in [9.17, 15) is 25.0 Å². The van der Waals surface area contributed by atoms with Gasteiger partial charge < -0.3 is 29.5 Å². The zero-order valence-electron chi connectivity index (χ0n) is 17.0. The number of ketones is 1. The molecule has 8 nitrogen and oxygen atoms in total. The van der Waals surface area contributed by atoms with Gasteiger partial charge in [0.05, 0.1) is 19.0 Å². The van der Waals surface area contributed by atoms with Crippen LogP contribution in [0.1, 0.15) is 49.7 Å². The van der Waals surface area contributed by atoms with E-state index in [-0.39, 0.29) is 30.1 Å². The van der Waals surface area contributed by atoms with Crippen molar-refractivity contribution in [3.8, 4) is 11.5 Å². The molecule has 0 spiro atoms. The third-order valence-electron chi connectivity index (χ3n) is 7.54. The minimum Gasteiger partial charge on any atom is -0.633 e. The van der Waals surface area contributed by atoms with E-state index in [0.717, 1.165) is 18.4 Å². The molecule has 0 radical (unpaired) electrons. The first-order valence-electron chi connectivity index (χ1n) is 10.8. The van der Waals surface area contributed by atoms with Crippen LogP contribution in [0, 0.1) is 11.1 Å². The van der Waals surface area contributed by atoms with Crippen molar-refractivity contribution in [3.05, 3.63) is 28.5 Å². The van der Waals surface area contributed by atoms with Gasteiger partial charge in [-0.1, -0.05) is 6.07 Å². The number of carbonyl (C=O) groups is 2. The number of nitrogens with zero attached hydrogens (tertiary/aromatic N) is 1. The summed E-state index contributed by atoms with van der Waals surface area (Å²) in [6.07, 6.45) is 2.08. The Bertz CT molecular complexity index is 913. The topological polar surface area (TPSA) is 116 Å². The van der Waals surface area contributed by atoms with E-state index in [1.807, 2.05) is 6.92 Å². The number of Topliss-reactive ketones (excluding diaryl/α,β-unsaturated/α-hetero) is 1. The number of aliphatic carboxylic acids is 1. The molecule has 5 atom stereocenters. The molecule has 2 N–H and O–H groups in total. The van der Waals surface area contributed by atoms with E-state index >= 15 is 0 Å². The van der Waals surface area contributed by atoms with Crippen LogP contribution in [0.4, 0.5) is 0 Å². The fourth-order valence-electron chi connectivity index (χ4n) is 5.97. The molecule has 1 aromatic carbocycles. The number of ether oxygens (including phenoxy) is 2. The first-order valence-corrected chi connectivity index (χ1v) is 10.8. The van der Waals surface area contributed by atoms with Crippen molar-refractivity contribution in [3.63, 3.8) is 0 Å². The molecule has 8 heteroatoms. The van der Waals surface area contributed by atoms with Gasteiger partial charge in [-0.3, -0.25) is 4.79 Å². The number of carboxylic acids is 1. The maximum atomic E-state index is 14.2. The number of hydrogen-bond donors (Lipinski definition) is 2. The highest BCUT2D eigenvalue weighted by Gasteiger charge is 2.66. The quantitative estimate of drug-likeness (QED) is 0.515. The molecule has 0 amide bonds. The lowest BCUT2D eigenvalue weighted by atomic mass is 9.61. The van der Waals surface area contributed by atoms with Gasteiger partial charge in [0.15, 0.2) is 23.4 Å². The Morgan fingerprint density at radius 1 is 1.40 bits per heavy atom. The standard InChI is InChI=1S/C22H27NO7/c1-2-23(28,10-12-3-4-12)16-9-13-5-6-14(24)20-18(13)19-21(30-20)15(25)7-8-22(16,19)29-11-17(26)27/h5-6,12,16,19,21,24H,2-4,7-11H2,1H3,(H,26,27)/t16-,19?,21+,22-,23?/m1/s1. The zero-order chi connectivity index (χ0) is 21.3. The number of hydroxylamine groups is 3. The first-order chi connectivity index (χ1) is 14.3. The third-order valence-corrected chi connectivity index (χ3v) is 7.54. The molecule has 0 saturated heterocycles. The number of quaternary nitrogens is 1. The number of benzene rings is 1. The lowest BCUT2D eigenvalue weighted by Gasteiger charge is -2.60. The van der Waals surface area contributed by atoms with Gasteiger partial charge in [-0.15, -0.1) is 0 Å². The van der Waals surface area contributed by atoms with Crippen LogP contribution in [0.15, 0.2) is 12.1 Å². The summed E-state index contributed by atoms with van der Waals surface area (Å²) in [6.45, 7) is 2.16. The van der Waals surface area contributed by atoms with Gasteiger partial charge in [-0.25, -0.2) is 4.79 Å². The average Bonchev–Trinajstić information content (AvgIpc) is 3.42. The van der Waals surface area contributed by atoms with E-state index in [1.54, 1.807) is 12.1 Å². The number of carboxylic acid groups (broad SMARTS) is 1. The summed E-state index contributed by atoms with van der Waals surface area (Å²) < 4.78 is 11.6. The molecule has 1 aliphatic heterocycles. The van der Waals surface area contributed by atoms with Crippen molar-refractivity contribution >= 4 is 11.8 Å². The monoisotopic (exact) mass is 417 g/mol. The predicted molar refractivity (Wildman–Crippen MR) is 105 cm³/mol. The van der Waals surface area contributed by atoms with Crippen molar-refractivity contribution in [2.75, 3.05) is 19.7 Å². The first kappa shape index (κ1) is 19.8. The Morgan fingerprint density at radius 3 is 2.83 bits per heavy atom. The van der Waals surface area contributed by atoms with Crippen LogP contribution in [0.5, 0.6) is 11.5 Å². The number of rotatable bonds is 7. The van der Waals surface area contributed by atoms with Gasteiger partial charge in [-0.2, -0.15) is 0 Å². The third kappa shape index (κ3) is 2.77. The van der Waals surface area contributed by atoms with Gasteiger partial charge >= 0.3 is 5.97 Å². The highest BCUT2D eigenvalue weighted by molar-refractivity contribution is 5.88. The van der Waals surface area contributed by atoms with E-state index < -0.39 is 40.9 Å². The van der Waals surface area contributed by atoms with E-state index in [4.69, 9.17) is 9.47 Å². The molecule has 1 aromatic rings. The van der Waals surface area contributed by atoms with Crippen molar-refractivity contribution in [2.24, 2.45) is 5.92 Å². The molecule has 2 unspecified atom stereocenters. The second-order valence-electron chi connectivity index (χ2n) is 9.22. The number of hydrogen-bond acceptors (Lipinski definition) is 6. The van der Waals surface area contributed by atoms with Crippen LogP contribution in [0.25, 0.3) is 0 Å². The predicted octanol–water partition coefficient (Wildman–Crippen LogP) is 2.11. The molecule has 1 heterocycles. The Kier molecular flexibility index (Phi) is 4.40. The number of carbonyl (C=O) groups excluding carboxylic acids is 1. The Balaban J connectivity index is 1.68. The van der Waals surface area contributed by atoms with Crippen molar-refractivity contribution in [1.82, 2.24) is 0 Å². The van der Waals surface area contributed by atoms with Crippen LogP contribution in [-0.2, 0) is 20.7 Å². The van der Waals surface area contributed by atoms with Crippen LogP contribution in [-0.4, -0.2) is 64.1 Å². The van der Waals surface area contributed by atoms with Crippen LogP contribution in [0.2, 0.25) is 0 Å². The summed E-state index contributed by atoms with van der Waals surface area (Å²) >= 11 is 0. The molecule has 2 fully saturated rings. The lowest BCUT2D eigenvalue weighted by Crippen LogP contribution is -2.70. The Labute approximate surface area is 174 Å². The summed E-state index contributed by atoms with van der Waals surface area (Å²) in [5.74, 6) is -1.16. The molecule has 5 rings (SSSR count). The molecule has 4 aliphatic rings. The van der Waals surface area contributed by atoms with Gasteiger partial charge in [0.1, 0.15) is 18.2 Å². The van der Waals surface area contributed by atoms with Gasteiger partial charge in [-0.05, 0) is 37.8 Å². The molecule has 0 aromatic heterocycles. The molecular weight excluding hydrogens is 390 g/mol. The Morgan fingerprint density at radius 2 is 2.17 bits per heavy atom. The van der Waals surface area contributed by atoms with E-state index in [2.05, 4.69) is 0 Å². The van der Waals surface area contributed by atoms with Crippen molar-refractivity contribution in [1.29, 1.82) is 0 Å². The lowest BCUT2D eigenvalue weighted by molar-refractivity contribution is -0.914. The summed E-state index contributed by atoms with van der Waals surface area (Å²) in [7, 11) is 0. The maximum absolute atomic E-state index is 14.2. The van der Waals surface area contributed by atoms with Gasteiger partial charge in [0.25, 0.3) is 0 Å². The highest BCUT2D eigenvalue weighted by atomic mass is 16.6. The second-order valence-corrected chi connectivity index (χ2v) is 9.22. The number of aromatic hydroxyl groups is 1. The maximum Gasteiger partial charge on any atom is 0.329 e. The average molecular weight is 417 g/mol. The Hall–Kier alpha value is -2.16. The molecule has 162 valence electrons.